The Bertz CT molecular complexity index is 554. The Balaban J connectivity index is 1.99. The Hall–Kier alpha value is -1.79. The number of carbonyl (C=O) groups is 1. The van der Waals surface area contributed by atoms with Gasteiger partial charge in [-0.25, -0.2) is 0 Å². The van der Waals surface area contributed by atoms with E-state index in [2.05, 4.69) is 5.16 Å². The van der Waals surface area contributed by atoms with Crippen LogP contribution in [0.25, 0.3) is 0 Å². The van der Waals surface area contributed by atoms with E-state index in [1.54, 1.807) is 17.0 Å². The first-order chi connectivity index (χ1) is 10.0. The van der Waals surface area contributed by atoms with Crippen molar-refractivity contribution in [3.05, 3.63) is 34.3 Å². The molecule has 0 radical (unpaired) electrons. The Kier molecular flexibility index (Phi) is 5.03. The lowest BCUT2D eigenvalue weighted by molar-refractivity contribution is 0.0652. The molecule has 1 heterocycles. The van der Waals surface area contributed by atoms with Crippen LogP contribution in [0.4, 0.5) is 0 Å². The minimum Gasteiger partial charge on any atom is -0.409 e. The summed E-state index contributed by atoms with van der Waals surface area (Å²) in [6.07, 6.45) is 0. The van der Waals surface area contributed by atoms with Crippen LogP contribution >= 0.6 is 11.6 Å². The summed E-state index contributed by atoms with van der Waals surface area (Å²) in [4.78, 5) is 16.4. The zero-order chi connectivity index (χ0) is 15.4. The fourth-order valence-electron chi connectivity index (χ4n) is 2.36. The van der Waals surface area contributed by atoms with Crippen LogP contribution in [0.15, 0.2) is 23.4 Å². The number of hydrogen-bond acceptors (Lipinski definition) is 4. The van der Waals surface area contributed by atoms with Crippen LogP contribution in [0.1, 0.15) is 15.9 Å². The van der Waals surface area contributed by atoms with E-state index in [0.29, 0.717) is 43.3 Å². The van der Waals surface area contributed by atoms with E-state index in [0.717, 1.165) is 5.56 Å². The zero-order valence-electron chi connectivity index (χ0n) is 11.9. The molecule has 0 aromatic heterocycles. The zero-order valence-corrected chi connectivity index (χ0v) is 12.7. The minimum atomic E-state index is -0.00144. The number of carbonyl (C=O) groups excluding carboxylic acids is 1. The van der Waals surface area contributed by atoms with Gasteiger partial charge in [0, 0.05) is 36.8 Å². The van der Waals surface area contributed by atoms with Crippen molar-refractivity contribution in [1.82, 2.24) is 9.80 Å². The highest BCUT2D eigenvalue weighted by Crippen LogP contribution is 2.18. The van der Waals surface area contributed by atoms with Crippen LogP contribution in [0.2, 0.25) is 5.02 Å². The van der Waals surface area contributed by atoms with Crippen molar-refractivity contribution < 1.29 is 10.0 Å². The summed E-state index contributed by atoms with van der Waals surface area (Å²) in [6, 6.07) is 5.34. The van der Waals surface area contributed by atoms with E-state index >= 15 is 0 Å². The highest BCUT2D eigenvalue weighted by molar-refractivity contribution is 6.31. The number of nitrogens with two attached hydrogens (primary N) is 1. The van der Waals surface area contributed by atoms with Crippen molar-refractivity contribution in [3.8, 4) is 0 Å². The van der Waals surface area contributed by atoms with Gasteiger partial charge in [0.25, 0.3) is 5.91 Å². The molecule has 1 saturated heterocycles. The maximum absolute atomic E-state index is 12.5. The molecule has 0 spiro atoms. The van der Waals surface area contributed by atoms with Crippen molar-refractivity contribution in [2.24, 2.45) is 10.9 Å². The molecule has 21 heavy (non-hydrogen) atoms. The molecule has 1 fully saturated rings. The van der Waals surface area contributed by atoms with Gasteiger partial charge in [-0.1, -0.05) is 22.8 Å². The summed E-state index contributed by atoms with van der Waals surface area (Å²) in [6.45, 7) is 4.93. The van der Waals surface area contributed by atoms with Crippen LogP contribution in [-0.2, 0) is 0 Å². The minimum absolute atomic E-state index is 0.00144. The highest BCUT2D eigenvalue weighted by Gasteiger charge is 2.23. The molecule has 1 aromatic rings. The molecular weight excluding hydrogens is 292 g/mol. The van der Waals surface area contributed by atoms with Gasteiger partial charge < -0.3 is 15.8 Å². The third-order valence-electron chi connectivity index (χ3n) is 3.60. The first kappa shape index (κ1) is 15.6. The summed E-state index contributed by atoms with van der Waals surface area (Å²) < 4.78 is 0. The summed E-state index contributed by atoms with van der Waals surface area (Å²) in [5.74, 6) is 0.180. The average molecular weight is 311 g/mol. The number of hydrogen-bond donors (Lipinski definition) is 2. The number of piperazine rings is 1. The summed E-state index contributed by atoms with van der Waals surface area (Å²) in [7, 11) is 0. The maximum Gasteiger partial charge on any atom is 0.254 e. The van der Waals surface area contributed by atoms with E-state index in [-0.39, 0.29) is 11.7 Å². The number of benzene rings is 1. The van der Waals surface area contributed by atoms with Gasteiger partial charge in [0.1, 0.15) is 0 Å². The lowest BCUT2D eigenvalue weighted by Gasteiger charge is -2.34. The van der Waals surface area contributed by atoms with Gasteiger partial charge in [-0.05, 0) is 24.6 Å². The molecule has 114 valence electrons. The largest absolute Gasteiger partial charge is 0.409 e. The monoisotopic (exact) mass is 310 g/mol. The maximum atomic E-state index is 12.5. The van der Waals surface area contributed by atoms with Gasteiger partial charge in [0.05, 0.1) is 6.54 Å². The first-order valence-electron chi connectivity index (χ1n) is 6.75. The number of halogens is 1. The van der Waals surface area contributed by atoms with Gasteiger partial charge in [-0.3, -0.25) is 9.69 Å². The Morgan fingerprint density at radius 1 is 1.38 bits per heavy atom. The molecule has 0 saturated carbocycles. The molecule has 0 atom stereocenters. The lowest BCUT2D eigenvalue weighted by Crippen LogP contribution is -2.50. The average Bonchev–Trinajstić information content (AvgIpc) is 2.49. The highest BCUT2D eigenvalue weighted by atomic mass is 35.5. The van der Waals surface area contributed by atoms with Crippen molar-refractivity contribution in [1.29, 1.82) is 0 Å². The van der Waals surface area contributed by atoms with Crippen LogP contribution < -0.4 is 5.73 Å². The molecule has 1 amide bonds. The number of aryl methyl sites for hydroxylation is 1. The predicted molar refractivity (Wildman–Crippen MR) is 81.9 cm³/mol. The van der Waals surface area contributed by atoms with Crippen molar-refractivity contribution >= 4 is 23.3 Å². The van der Waals surface area contributed by atoms with Gasteiger partial charge in [0.2, 0.25) is 0 Å². The third kappa shape index (κ3) is 3.86. The van der Waals surface area contributed by atoms with Crippen LogP contribution in [-0.4, -0.2) is 59.5 Å². The number of amides is 1. The normalized spacial score (nSPS) is 17.0. The topological polar surface area (TPSA) is 82.2 Å². The van der Waals surface area contributed by atoms with Crippen molar-refractivity contribution in [2.75, 3.05) is 32.7 Å². The Morgan fingerprint density at radius 3 is 2.67 bits per heavy atom. The van der Waals surface area contributed by atoms with E-state index in [1.807, 2.05) is 17.9 Å². The molecule has 1 aromatic carbocycles. The smallest absolute Gasteiger partial charge is 0.254 e. The molecule has 3 N–H and O–H groups in total. The molecule has 0 unspecified atom stereocenters. The molecule has 1 aliphatic rings. The van der Waals surface area contributed by atoms with Gasteiger partial charge in [0.15, 0.2) is 5.84 Å². The molecule has 2 rings (SSSR count). The van der Waals surface area contributed by atoms with Crippen LogP contribution in [0.5, 0.6) is 0 Å². The second kappa shape index (κ2) is 6.78. The quantitative estimate of drug-likeness (QED) is 0.380. The molecular formula is C14H19ClN4O2. The Morgan fingerprint density at radius 2 is 2.05 bits per heavy atom. The van der Waals surface area contributed by atoms with Crippen molar-refractivity contribution in [2.45, 2.75) is 6.92 Å². The Labute approximate surface area is 128 Å². The third-order valence-corrected chi connectivity index (χ3v) is 3.84. The van der Waals surface area contributed by atoms with E-state index in [4.69, 9.17) is 22.5 Å². The molecule has 1 aliphatic heterocycles. The fraction of sp³-hybridized carbons (Fsp3) is 0.429. The molecule has 7 heteroatoms. The summed E-state index contributed by atoms with van der Waals surface area (Å²) >= 11 is 5.97. The number of rotatable bonds is 3. The van der Waals surface area contributed by atoms with Gasteiger partial charge >= 0.3 is 0 Å². The van der Waals surface area contributed by atoms with E-state index in [1.165, 1.54) is 0 Å². The summed E-state index contributed by atoms with van der Waals surface area (Å²) in [5, 5.41) is 12.1. The molecule has 6 nitrogen and oxygen atoms in total. The van der Waals surface area contributed by atoms with Crippen LogP contribution in [0, 0.1) is 6.92 Å². The second-order valence-corrected chi connectivity index (χ2v) is 5.56. The standard InChI is InChI=1S/C14H19ClN4O2/c1-10-2-3-11(15)8-12(10)14(20)19-6-4-18(5-7-19)9-13(16)17-21/h2-3,8,21H,4-7,9H2,1H3,(H2,16,17). The van der Waals surface area contributed by atoms with E-state index in [9.17, 15) is 4.79 Å². The molecule has 0 bridgehead atoms. The first-order valence-corrected chi connectivity index (χ1v) is 7.13. The molecule has 0 aliphatic carbocycles. The van der Waals surface area contributed by atoms with Crippen LogP contribution in [0.3, 0.4) is 0 Å². The fourth-order valence-corrected chi connectivity index (χ4v) is 2.54. The second-order valence-electron chi connectivity index (χ2n) is 5.12. The number of nitrogens with zero attached hydrogens (tertiary/aromatic N) is 3. The number of oxime groups is 1. The van der Waals surface area contributed by atoms with Crippen molar-refractivity contribution in [3.63, 3.8) is 0 Å². The predicted octanol–water partition coefficient (Wildman–Crippen LogP) is 1.15. The lowest BCUT2D eigenvalue weighted by atomic mass is 10.1. The van der Waals surface area contributed by atoms with Gasteiger partial charge in [-0.15, -0.1) is 0 Å². The SMILES string of the molecule is Cc1ccc(Cl)cc1C(=O)N1CCN(C/C(N)=N/O)CC1. The van der Waals surface area contributed by atoms with Gasteiger partial charge in [-0.2, -0.15) is 0 Å². The summed E-state index contributed by atoms with van der Waals surface area (Å²) in [5.41, 5.74) is 7.05. The van der Waals surface area contributed by atoms with E-state index < -0.39 is 0 Å². The number of amidine groups is 1.